The van der Waals surface area contributed by atoms with Gasteiger partial charge < -0.3 is 10.6 Å². The maximum absolute atomic E-state index is 13.1. The largest absolute Gasteiger partial charge is 0.396 e. The zero-order chi connectivity index (χ0) is 14.1. The molecule has 1 aromatic rings. The molecule has 1 aromatic carbocycles. The van der Waals surface area contributed by atoms with Crippen molar-refractivity contribution in [2.45, 2.75) is 33.7 Å². The van der Waals surface area contributed by atoms with Crippen molar-refractivity contribution in [3.63, 3.8) is 0 Å². The van der Waals surface area contributed by atoms with E-state index in [1.165, 1.54) is 18.2 Å². The minimum Gasteiger partial charge on any atom is -0.396 e. The van der Waals surface area contributed by atoms with E-state index in [1.54, 1.807) is 11.9 Å². The van der Waals surface area contributed by atoms with Gasteiger partial charge in [-0.1, -0.05) is 20.8 Å². The molecule has 0 aliphatic carbocycles. The summed E-state index contributed by atoms with van der Waals surface area (Å²) in [6.07, 6.45) is 0. The normalized spacial score (nSPS) is 13.2. The molecular formula is C14H21FN2O. The number of nitrogens with two attached hydrogens (primary N) is 1. The summed E-state index contributed by atoms with van der Waals surface area (Å²) in [5, 5.41) is 0. The number of carbonyl (C=O) groups excluding carboxylic acids is 1. The fourth-order valence-corrected chi connectivity index (χ4v) is 1.64. The summed E-state index contributed by atoms with van der Waals surface area (Å²) in [4.78, 5) is 13.9. The number of hydrogen-bond acceptors (Lipinski definition) is 2. The molecule has 1 unspecified atom stereocenters. The number of benzene rings is 1. The van der Waals surface area contributed by atoms with Gasteiger partial charge in [-0.2, -0.15) is 0 Å². The smallest absolute Gasteiger partial charge is 0.253 e. The molecule has 100 valence electrons. The number of nitrogen functional groups attached to an aromatic ring is 1. The lowest BCUT2D eigenvalue weighted by Crippen LogP contribution is -2.43. The molecule has 0 fully saturated rings. The van der Waals surface area contributed by atoms with Crippen molar-refractivity contribution in [2.24, 2.45) is 5.41 Å². The Labute approximate surface area is 108 Å². The van der Waals surface area contributed by atoms with Gasteiger partial charge in [-0.05, 0) is 30.5 Å². The average molecular weight is 252 g/mol. The van der Waals surface area contributed by atoms with Crippen LogP contribution in [-0.2, 0) is 0 Å². The van der Waals surface area contributed by atoms with E-state index in [1.807, 2.05) is 6.92 Å². The molecule has 1 rings (SSSR count). The average Bonchev–Trinajstić information content (AvgIpc) is 2.28. The third kappa shape index (κ3) is 3.00. The fraction of sp³-hybridized carbons (Fsp3) is 0.500. The molecule has 4 heteroatoms. The van der Waals surface area contributed by atoms with Gasteiger partial charge in [0.05, 0.1) is 5.69 Å². The van der Waals surface area contributed by atoms with Gasteiger partial charge in [-0.3, -0.25) is 4.79 Å². The zero-order valence-electron chi connectivity index (χ0n) is 11.6. The zero-order valence-corrected chi connectivity index (χ0v) is 11.6. The second kappa shape index (κ2) is 4.96. The summed E-state index contributed by atoms with van der Waals surface area (Å²) in [5.74, 6) is -0.651. The molecule has 1 amide bonds. The quantitative estimate of drug-likeness (QED) is 0.823. The van der Waals surface area contributed by atoms with Crippen molar-refractivity contribution in [3.8, 4) is 0 Å². The van der Waals surface area contributed by atoms with E-state index in [9.17, 15) is 9.18 Å². The molecule has 0 bridgehead atoms. The van der Waals surface area contributed by atoms with Crippen LogP contribution in [-0.4, -0.2) is 23.9 Å². The van der Waals surface area contributed by atoms with Crippen molar-refractivity contribution in [1.29, 1.82) is 0 Å². The Kier molecular flexibility index (Phi) is 3.99. The first kappa shape index (κ1) is 14.5. The Hall–Kier alpha value is -1.58. The van der Waals surface area contributed by atoms with Crippen molar-refractivity contribution in [1.82, 2.24) is 4.90 Å². The molecule has 0 radical (unpaired) electrons. The lowest BCUT2D eigenvalue weighted by molar-refractivity contribution is 0.0629. The molecule has 0 saturated carbocycles. The number of amides is 1. The third-order valence-electron chi connectivity index (χ3n) is 3.40. The monoisotopic (exact) mass is 252 g/mol. The molecule has 1 atom stereocenters. The minimum absolute atomic E-state index is 0.00217. The number of hydrogen-bond donors (Lipinski definition) is 1. The van der Waals surface area contributed by atoms with Crippen LogP contribution in [0.3, 0.4) is 0 Å². The number of rotatable bonds is 2. The van der Waals surface area contributed by atoms with E-state index in [-0.39, 0.29) is 23.1 Å². The van der Waals surface area contributed by atoms with E-state index >= 15 is 0 Å². The number of carbonyl (C=O) groups is 1. The van der Waals surface area contributed by atoms with Crippen molar-refractivity contribution in [2.75, 3.05) is 12.8 Å². The van der Waals surface area contributed by atoms with Crippen LogP contribution in [0.2, 0.25) is 0 Å². The first-order chi connectivity index (χ1) is 8.14. The summed E-state index contributed by atoms with van der Waals surface area (Å²) in [6.45, 7) is 8.20. The topological polar surface area (TPSA) is 46.3 Å². The second-order valence-electron chi connectivity index (χ2n) is 5.69. The van der Waals surface area contributed by atoms with Gasteiger partial charge in [-0.25, -0.2) is 4.39 Å². The van der Waals surface area contributed by atoms with Crippen LogP contribution in [0.1, 0.15) is 38.1 Å². The Morgan fingerprint density at radius 1 is 1.39 bits per heavy atom. The Balaban J connectivity index is 2.97. The van der Waals surface area contributed by atoms with Crippen LogP contribution < -0.4 is 5.73 Å². The lowest BCUT2D eigenvalue weighted by atomic mass is 9.87. The summed E-state index contributed by atoms with van der Waals surface area (Å²) in [7, 11) is 1.75. The molecule has 18 heavy (non-hydrogen) atoms. The fourth-order valence-electron chi connectivity index (χ4n) is 1.64. The first-order valence-electron chi connectivity index (χ1n) is 5.96. The molecule has 2 N–H and O–H groups in total. The Morgan fingerprint density at radius 2 is 1.94 bits per heavy atom. The van der Waals surface area contributed by atoms with Gasteiger partial charge in [0, 0.05) is 18.7 Å². The van der Waals surface area contributed by atoms with E-state index < -0.39 is 5.82 Å². The molecule has 0 aliphatic heterocycles. The van der Waals surface area contributed by atoms with Crippen molar-refractivity contribution in [3.05, 3.63) is 29.6 Å². The van der Waals surface area contributed by atoms with Gasteiger partial charge in [0.25, 0.3) is 5.91 Å². The van der Waals surface area contributed by atoms with Gasteiger partial charge in [-0.15, -0.1) is 0 Å². The van der Waals surface area contributed by atoms with Gasteiger partial charge >= 0.3 is 0 Å². The van der Waals surface area contributed by atoms with E-state index in [0.717, 1.165) is 0 Å². The highest BCUT2D eigenvalue weighted by Crippen LogP contribution is 2.24. The summed E-state index contributed by atoms with van der Waals surface area (Å²) >= 11 is 0. The first-order valence-corrected chi connectivity index (χ1v) is 5.96. The predicted molar refractivity (Wildman–Crippen MR) is 71.8 cm³/mol. The molecule has 0 heterocycles. The van der Waals surface area contributed by atoms with E-state index in [2.05, 4.69) is 20.8 Å². The standard InChI is InChI=1S/C14H21FN2O/c1-9(14(2,3)4)17(5)13(18)10-6-7-11(15)12(16)8-10/h6-9H,16H2,1-5H3. The van der Waals surface area contributed by atoms with E-state index in [4.69, 9.17) is 5.73 Å². The molecule has 3 nitrogen and oxygen atoms in total. The highest BCUT2D eigenvalue weighted by molar-refractivity contribution is 5.95. The van der Waals surface area contributed by atoms with Crippen molar-refractivity contribution < 1.29 is 9.18 Å². The number of nitrogens with zero attached hydrogens (tertiary/aromatic N) is 1. The highest BCUT2D eigenvalue weighted by atomic mass is 19.1. The van der Waals surface area contributed by atoms with Gasteiger partial charge in [0.1, 0.15) is 5.82 Å². The van der Waals surface area contributed by atoms with E-state index in [0.29, 0.717) is 5.56 Å². The summed E-state index contributed by atoms with van der Waals surface area (Å²) in [6, 6.07) is 4.12. The van der Waals surface area contributed by atoms with Crippen LogP contribution in [0.25, 0.3) is 0 Å². The number of halogens is 1. The second-order valence-corrected chi connectivity index (χ2v) is 5.69. The SMILES string of the molecule is CC(N(C)C(=O)c1ccc(F)c(N)c1)C(C)(C)C. The van der Waals surface area contributed by atoms with Gasteiger partial charge in [0.2, 0.25) is 0 Å². The van der Waals surface area contributed by atoms with Crippen LogP contribution in [0, 0.1) is 11.2 Å². The Bertz CT molecular complexity index is 452. The maximum Gasteiger partial charge on any atom is 0.253 e. The van der Waals surface area contributed by atoms with Crippen LogP contribution in [0.15, 0.2) is 18.2 Å². The van der Waals surface area contributed by atoms with Gasteiger partial charge in [0.15, 0.2) is 0 Å². The van der Waals surface area contributed by atoms with Crippen LogP contribution in [0.4, 0.5) is 10.1 Å². The number of anilines is 1. The summed E-state index contributed by atoms with van der Waals surface area (Å²) < 4.78 is 13.1. The maximum atomic E-state index is 13.1. The molecule has 0 spiro atoms. The molecule has 0 saturated heterocycles. The van der Waals surface area contributed by atoms with Crippen molar-refractivity contribution >= 4 is 11.6 Å². The molecule has 0 aromatic heterocycles. The molecule has 0 aliphatic rings. The van der Waals surface area contributed by atoms with Crippen LogP contribution in [0.5, 0.6) is 0 Å². The minimum atomic E-state index is -0.502. The Morgan fingerprint density at radius 3 is 2.39 bits per heavy atom. The predicted octanol–water partition coefficient (Wildman–Crippen LogP) is 2.91. The molecular weight excluding hydrogens is 231 g/mol. The lowest BCUT2D eigenvalue weighted by Gasteiger charge is -2.35. The summed E-state index contributed by atoms with van der Waals surface area (Å²) in [5.41, 5.74) is 5.86. The highest BCUT2D eigenvalue weighted by Gasteiger charge is 2.27. The van der Waals surface area contributed by atoms with Crippen LogP contribution >= 0.6 is 0 Å². The third-order valence-corrected chi connectivity index (χ3v) is 3.40.